The van der Waals surface area contributed by atoms with Crippen LogP contribution in [0, 0.1) is 5.41 Å². The van der Waals surface area contributed by atoms with Crippen molar-refractivity contribution in [1.29, 1.82) is 0 Å². The molecule has 4 rings (SSSR count). The van der Waals surface area contributed by atoms with E-state index in [4.69, 9.17) is 5.11 Å². The van der Waals surface area contributed by atoms with Gasteiger partial charge in [-0.3, -0.25) is 0 Å². The van der Waals surface area contributed by atoms with E-state index in [1.807, 2.05) is 0 Å². The van der Waals surface area contributed by atoms with Crippen molar-refractivity contribution in [3.05, 3.63) is 59.0 Å². The quantitative estimate of drug-likeness (QED) is 0.652. The Morgan fingerprint density at radius 1 is 1.25 bits per heavy atom. The molecule has 1 atom stereocenters. The van der Waals surface area contributed by atoms with E-state index in [1.54, 1.807) is 11.3 Å². The van der Waals surface area contributed by atoms with Gasteiger partial charge in [-0.15, -0.1) is 11.3 Å². The molecule has 24 heavy (non-hydrogen) atoms. The molecule has 1 aromatic heterocycles. The van der Waals surface area contributed by atoms with Gasteiger partial charge in [-0.2, -0.15) is 0 Å². The largest absolute Gasteiger partial charge is 0.465 e. The van der Waals surface area contributed by atoms with Crippen LogP contribution in [-0.2, 0) is 6.42 Å². The number of amides is 1. The highest BCUT2D eigenvalue weighted by molar-refractivity contribution is 7.17. The summed E-state index contributed by atoms with van der Waals surface area (Å²) < 4.78 is 1.29. The average molecular weight is 337 g/mol. The fourth-order valence-corrected chi connectivity index (χ4v) is 4.79. The molecular formula is C20H19NO2S. The van der Waals surface area contributed by atoms with Crippen molar-refractivity contribution in [3.63, 3.8) is 0 Å². The number of thiophene rings is 1. The fraction of sp³-hybridized carbons (Fsp3) is 0.250. The summed E-state index contributed by atoms with van der Waals surface area (Å²) in [6, 6.07) is 14.7. The summed E-state index contributed by atoms with van der Waals surface area (Å²) >= 11 is 1.76. The van der Waals surface area contributed by atoms with Gasteiger partial charge in [0.2, 0.25) is 0 Å². The summed E-state index contributed by atoms with van der Waals surface area (Å²) in [6.07, 6.45) is -0.0859. The third-order valence-corrected chi connectivity index (χ3v) is 5.90. The van der Waals surface area contributed by atoms with Crippen molar-refractivity contribution in [2.75, 3.05) is 0 Å². The minimum Gasteiger partial charge on any atom is -0.465 e. The number of rotatable bonds is 2. The third kappa shape index (κ3) is 2.38. The van der Waals surface area contributed by atoms with Crippen molar-refractivity contribution < 1.29 is 9.90 Å². The molecule has 4 heteroatoms. The highest BCUT2D eigenvalue weighted by Gasteiger charge is 2.40. The molecule has 2 aromatic carbocycles. The molecule has 2 N–H and O–H groups in total. The normalized spacial score (nSPS) is 18.5. The van der Waals surface area contributed by atoms with E-state index in [-0.39, 0.29) is 11.5 Å². The number of fused-ring (bicyclic) bond motifs is 2. The number of benzene rings is 2. The van der Waals surface area contributed by atoms with Crippen LogP contribution < -0.4 is 5.32 Å². The number of nitrogens with one attached hydrogen (secondary N) is 1. The zero-order valence-corrected chi connectivity index (χ0v) is 14.5. The molecule has 0 saturated heterocycles. The van der Waals surface area contributed by atoms with Crippen LogP contribution in [0.3, 0.4) is 0 Å². The molecule has 1 aliphatic rings. The Kier molecular flexibility index (Phi) is 3.39. The predicted molar refractivity (Wildman–Crippen MR) is 98.6 cm³/mol. The SMILES string of the molecule is CC1(C)Cc2cc(-c3csc4ccccc34)ccc2C1NC(=O)O. The Hall–Kier alpha value is -2.33. The number of hydrogen-bond donors (Lipinski definition) is 2. The van der Waals surface area contributed by atoms with Gasteiger partial charge >= 0.3 is 6.09 Å². The number of carboxylic acid groups (broad SMARTS) is 1. The second-order valence-corrected chi connectivity index (χ2v) is 8.02. The number of hydrogen-bond acceptors (Lipinski definition) is 2. The maximum Gasteiger partial charge on any atom is 0.405 e. The first-order chi connectivity index (χ1) is 11.5. The first-order valence-corrected chi connectivity index (χ1v) is 8.92. The molecule has 1 heterocycles. The van der Waals surface area contributed by atoms with Gasteiger partial charge in [-0.05, 0) is 40.0 Å². The summed E-state index contributed by atoms with van der Waals surface area (Å²) in [4.78, 5) is 11.1. The van der Waals surface area contributed by atoms with Gasteiger partial charge in [0, 0.05) is 15.6 Å². The van der Waals surface area contributed by atoms with Gasteiger partial charge in [0.05, 0.1) is 6.04 Å². The minimum absolute atomic E-state index is 0.115. The van der Waals surface area contributed by atoms with Gasteiger partial charge in [0.1, 0.15) is 0 Å². The number of carbonyl (C=O) groups is 1. The third-order valence-electron chi connectivity index (χ3n) is 4.94. The molecule has 1 aliphatic carbocycles. The van der Waals surface area contributed by atoms with E-state index in [2.05, 4.69) is 67.0 Å². The summed E-state index contributed by atoms with van der Waals surface area (Å²) in [7, 11) is 0. The highest BCUT2D eigenvalue weighted by atomic mass is 32.1. The van der Waals surface area contributed by atoms with Gasteiger partial charge in [0.15, 0.2) is 0 Å². The Balaban J connectivity index is 1.79. The van der Waals surface area contributed by atoms with Crippen molar-refractivity contribution >= 4 is 27.5 Å². The van der Waals surface area contributed by atoms with E-state index in [0.29, 0.717) is 0 Å². The molecule has 0 aliphatic heterocycles. The van der Waals surface area contributed by atoms with Crippen molar-refractivity contribution in [1.82, 2.24) is 5.32 Å². The van der Waals surface area contributed by atoms with Gasteiger partial charge in [-0.25, -0.2) is 4.79 Å². The van der Waals surface area contributed by atoms with Crippen LogP contribution in [0.1, 0.15) is 31.0 Å². The molecule has 0 saturated carbocycles. The molecule has 0 radical (unpaired) electrons. The monoisotopic (exact) mass is 337 g/mol. The molecule has 3 nitrogen and oxygen atoms in total. The second-order valence-electron chi connectivity index (χ2n) is 7.11. The van der Waals surface area contributed by atoms with Crippen LogP contribution in [-0.4, -0.2) is 11.2 Å². The van der Waals surface area contributed by atoms with Crippen LogP contribution in [0.4, 0.5) is 4.79 Å². The van der Waals surface area contributed by atoms with Crippen LogP contribution >= 0.6 is 11.3 Å². The van der Waals surface area contributed by atoms with E-state index >= 15 is 0 Å². The molecule has 1 unspecified atom stereocenters. The topological polar surface area (TPSA) is 49.3 Å². The lowest BCUT2D eigenvalue weighted by Crippen LogP contribution is -2.34. The van der Waals surface area contributed by atoms with E-state index in [0.717, 1.165) is 12.0 Å². The fourth-order valence-electron chi connectivity index (χ4n) is 3.82. The lowest BCUT2D eigenvalue weighted by molar-refractivity contribution is 0.175. The maximum absolute atomic E-state index is 11.1. The Labute approximate surface area is 144 Å². The van der Waals surface area contributed by atoms with Gasteiger partial charge in [0.25, 0.3) is 0 Å². The van der Waals surface area contributed by atoms with Crippen LogP contribution in [0.5, 0.6) is 0 Å². The average Bonchev–Trinajstić information content (AvgIpc) is 3.05. The van der Waals surface area contributed by atoms with Crippen LogP contribution in [0.25, 0.3) is 21.2 Å². The Bertz CT molecular complexity index is 942. The first kappa shape index (κ1) is 15.2. The van der Waals surface area contributed by atoms with Gasteiger partial charge in [-0.1, -0.05) is 50.2 Å². The van der Waals surface area contributed by atoms with Crippen LogP contribution in [0.2, 0.25) is 0 Å². The summed E-state index contributed by atoms with van der Waals surface area (Å²) in [5.74, 6) is 0. The molecule has 0 bridgehead atoms. The van der Waals surface area contributed by atoms with Gasteiger partial charge < -0.3 is 10.4 Å². The smallest absolute Gasteiger partial charge is 0.405 e. The molecule has 0 spiro atoms. The van der Waals surface area contributed by atoms with Crippen molar-refractivity contribution in [3.8, 4) is 11.1 Å². The Morgan fingerprint density at radius 2 is 2.04 bits per heavy atom. The standard InChI is InChI=1S/C20H19NO2S/c1-20(2)10-13-9-12(7-8-14(13)18(20)21-19(22)23)16-11-24-17-6-4-3-5-15(16)17/h3-9,11,18,21H,10H2,1-2H3,(H,22,23). The first-order valence-electron chi connectivity index (χ1n) is 8.04. The van der Waals surface area contributed by atoms with Crippen molar-refractivity contribution in [2.45, 2.75) is 26.3 Å². The predicted octanol–water partition coefficient (Wildman–Crippen LogP) is 5.46. The summed E-state index contributed by atoms with van der Waals surface area (Å²) in [5.41, 5.74) is 4.69. The lowest BCUT2D eigenvalue weighted by atomic mass is 9.85. The zero-order valence-electron chi connectivity index (χ0n) is 13.7. The Morgan fingerprint density at radius 3 is 2.83 bits per heavy atom. The lowest BCUT2D eigenvalue weighted by Gasteiger charge is -2.27. The van der Waals surface area contributed by atoms with E-state index in [1.165, 1.54) is 26.8 Å². The van der Waals surface area contributed by atoms with E-state index in [9.17, 15) is 4.79 Å². The molecular weight excluding hydrogens is 318 g/mol. The molecule has 3 aromatic rings. The molecule has 0 fully saturated rings. The van der Waals surface area contributed by atoms with Crippen molar-refractivity contribution in [2.24, 2.45) is 5.41 Å². The molecule has 122 valence electrons. The van der Waals surface area contributed by atoms with Crippen LogP contribution in [0.15, 0.2) is 47.8 Å². The highest BCUT2D eigenvalue weighted by Crippen LogP contribution is 2.46. The zero-order chi connectivity index (χ0) is 16.9. The second kappa shape index (κ2) is 5.35. The summed E-state index contributed by atoms with van der Waals surface area (Å²) in [5, 5.41) is 15.3. The van der Waals surface area contributed by atoms with E-state index < -0.39 is 6.09 Å². The molecule has 1 amide bonds. The minimum atomic E-state index is -0.964. The summed E-state index contributed by atoms with van der Waals surface area (Å²) in [6.45, 7) is 4.24. The maximum atomic E-state index is 11.1.